The van der Waals surface area contributed by atoms with Crippen LogP contribution in [0.4, 0.5) is 0 Å². The number of hydrogen-bond acceptors (Lipinski definition) is 3. The second-order valence-corrected chi connectivity index (χ2v) is 5.44. The zero-order valence-corrected chi connectivity index (χ0v) is 11.7. The number of fused-ring (bicyclic) bond motifs is 1. The molecule has 0 saturated heterocycles. The first-order chi connectivity index (χ1) is 10.2. The number of nitrogens with zero attached hydrogens (tertiary/aromatic N) is 1. The number of rotatable bonds is 4. The highest BCUT2D eigenvalue weighted by atomic mass is 16.4. The predicted molar refractivity (Wildman–Crippen MR) is 81.9 cm³/mol. The first-order valence-electron chi connectivity index (χ1n) is 7.19. The van der Waals surface area contributed by atoms with E-state index in [-0.39, 0.29) is 12.0 Å². The van der Waals surface area contributed by atoms with Gasteiger partial charge in [0.05, 0.1) is 11.6 Å². The molecule has 2 atom stereocenters. The zero-order valence-electron chi connectivity index (χ0n) is 11.7. The lowest BCUT2D eigenvalue weighted by atomic mass is 9.91. The van der Waals surface area contributed by atoms with E-state index < -0.39 is 5.97 Å². The summed E-state index contributed by atoms with van der Waals surface area (Å²) in [6.45, 7) is 0.645. The van der Waals surface area contributed by atoms with E-state index in [1.54, 1.807) is 0 Å². The van der Waals surface area contributed by atoms with Gasteiger partial charge in [-0.2, -0.15) is 0 Å². The average molecular weight is 282 g/mol. The van der Waals surface area contributed by atoms with Gasteiger partial charge < -0.3 is 10.4 Å². The van der Waals surface area contributed by atoms with Crippen LogP contribution in [0.2, 0.25) is 0 Å². The van der Waals surface area contributed by atoms with Crippen LogP contribution in [0.1, 0.15) is 18.5 Å². The Morgan fingerprint density at radius 3 is 2.95 bits per heavy atom. The van der Waals surface area contributed by atoms with Crippen LogP contribution in [-0.4, -0.2) is 22.1 Å². The molecule has 1 aliphatic rings. The molecule has 2 N–H and O–H groups in total. The maximum atomic E-state index is 11.0. The number of hydrogen-bond donors (Lipinski definition) is 2. The maximum Gasteiger partial charge on any atom is 0.306 e. The van der Waals surface area contributed by atoms with E-state index in [0.717, 1.165) is 11.1 Å². The van der Waals surface area contributed by atoms with Crippen LogP contribution in [-0.2, 0) is 11.3 Å². The Balaban J connectivity index is 1.65. The quantitative estimate of drug-likeness (QED) is 0.846. The Bertz CT molecular complexity index is 681. The van der Waals surface area contributed by atoms with Crippen molar-refractivity contribution in [3.05, 3.63) is 54.4 Å². The van der Waals surface area contributed by atoms with Crippen molar-refractivity contribution in [1.29, 1.82) is 0 Å². The number of aliphatic carboxylic acids is 1. The van der Waals surface area contributed by atoms with E-state index in [2.05, 4.69) is 28.5 Å². The molecule has 4 heteroatoms. The van der Waals surface area contributed by atoms with E-state index >= 15 is 0 Å². The summed E-state index contributed by atoms with van der Waals surface area (Å²) in [6, 6.07) is 10.3. The van der Waals surface area contributed by atoms with Crippen molar-refractivity contribution >= 4 is 16.7 Å². The minimum Gasteiger partial charge on any atom is -0.481 e. The van der Waals surface area contributed by atoms with E-state index in [0.29, 0.717) is 19.4 Å². The first kappa shape index (κ1) is 13.8. The molecule has 0 unspecified atom stereocenters. The number of benzene rings is 1. The fraction of sp³-hybridized carbons (Fsp3) is 0.294. The van der Waals surface area contributed by atoms with Crippen molar-refractivity contribution in [2.24, 2.45) is 5.92 Å². The molecule has 2 aromatic rings. The van der Waals surface area contributed by atoms with Crippen LogP contribution in [0, 0.1) is 5.92 Å². The van der Waals surface area contributed by atoms with Crippen molar-refractivity contribution in [2.75, 3.05) is 0 Å². The third kappa shape index (κ3) is 3.28. The van der Waals surface area contributed by atoms with Gasteiger partial charge in [0.25, 0.3) is 0 Å². The van der Waals surface area contributed by atoms with Gasteiger partial charge in [0, 0.05) is 24.2 Å². The van der Waals surface area contributed by atoms with Gasteiger partial charge in [-0.25, -0.2) is 0 Å². The molecule has 1 heterocycles. The van der Waals surface area contributed by atoms with E-state index in [4.69, 9.17) is 5.11 Å². The van der Waals surface area contributed by atoms with E-state index in [1.165, 1.54) is 5.39 Å². The largest absolute Gasteiger partial charge is 0.481 e. The molecule has 108 valence electrons. The average Bonchev–Trinajstić information content (AvgIpc) is 2.53. The van der Waals surface area contributed by atoms with Crippen LogP contribution in [0.25, 0.3) is 10.8 Å². The van der Waals surface area contributed by atoms with Crippen molar-refractivity contribution in [3.63, 3.8) is 0 Å². The van der Waals surface area contributed by atoms with Gasteiger partial charge in [-0.3, -0.25) is 9.78 Å². The Kier molecular flexibility index (Phi) is 3.97. The summed E-state index contributed by atoms with van der Waals surface area (Å²) < 4.78 is 0. The Morgan fingerprint density at radius 2 is 2.14 bits per heavy atom. The molecule has 1 aromatic carbocycles. The normalized spacial score (nSPS) is 21.5. The predicted octanol–water partition coefficient (Wildman–Crippen LogP) is 2.74. The smallest absolute Gasteiger partial charge is 0.306 e. The van der Waals surface area contributed by atoms with Crippen LogP contribution in [0.15, 0.2) is 48.7 Å². The SMILES string of the molecule is O=C(O)[C@@H]1CC=C[C@@H](NCc2cc3ccccc3cn2)C1. The Hall–Kier alpha value is -2.20. The Morgan fingerprint density at radius 1 is 1.33 bits per heavy atom. The molecular formula is C17H18N2O2. The van der Waals surface area contributed by atoms with Gasteiger partial charge in [0.15, 0.2) is 0 Å². The lowest BCUT2D eigenvalue weighted by molar-refractivity contribution is -0.142. The van der Waals surface area contributed by atoms with Crippen LogP contribution in [0.3, 0.4) is 0 Å². The number of pyridine rings is 1. The molecular weight excluding hydrogens is 264 g/mol. The van der Waals surface area contributed by atoms with Crippen LogP contribution in [0.5, 0.6) is 0 Å². The highest BCUT2D eigenvalue weighted by Gasteiger charge is 2.23. The standard InChI is InChI=1S/C17H18N2O2/c20-17(21)13-6-3-7-15(9-13)19-11-16-8-12-4-1-2-5-14(12)10-18-16/h1-5,7-8,10,13,15,19H,6,9,11H2,(H,20,21)/t13-,15-/m1/s1. The zero-order chi connectivity index (χ0) is 14.7. The second-order valence-electron chi connectivity index (χ2n) is 5.44. The summed E-state index contributed by atoms with van der Waals surface area (Å²) >= 11 is 0. The molecule has 4 nitrogen and oxygen atoms in total. The number of carbonyl (C=O) groups is 1. The summed E-state index contributed by atoms with van der Waals surface area (Å²) in [6.07, 6.45) is 7.15. The fourth-order valence-corrected chi connectivity index (χ4v) is 2.70. The summed E-state index contributed by atoms with van der Waals surface area (Å²) in [7, 11) is 0. The highest BCUT2D eigenvalue weighted by molar-refractivity contribution is 5.81. The lowest BCUT2D eigenvalue weighted by Gasteiger charge is -2.22. The topological polar surface area (TPSA) is 62.2 Å². The van der Waals surface area contributed by atoms with E-state index in [9.17, 15) is 4.79 Å². The van der Waals surface area contributed by atoms with Gasteiger partial charge >= 0.3 is 5.97 Å². The van der Waals surface area contributed by atoms with Crippen molar-refractivity contribution < 1.29 is 9.90 Å². The summed E-state index contributed by atoms with van der Waals surface area (Å²) in [5.74, 6) is -0.993. The number of allylic oxidation sites excluding steroid dienone is 1. The van der Waals surface area contributed by atoms with Crippen molar-refractivity contribution in [2.45, 2.75) is 25.4 Å². The molecule has 0 spiro atoms. The molecule has 21 heavy (non-hydrogen) atoms. The number of aromatic nitrogens is 1. The molecule has 0 fully saturated rings. The molecule has 1 aliphatic carbocycles. The molecule has 0 amide bonds. The lowest BCUT2D eigenvalue weighted by Crippen LogP contribution is -2.33. The van der Waals surface area contributed by atoms with Gasteiger partial charge in [-0.15, -0.1) is 0 Å². The van der Waals surface area contributed by atoms with Crippen molar-refractivity contribution in [3.8, 4) is 0 Å². The minimum atomic E-state index is -0.713. The molecule has 3 rings (SSSR count). The van der Waals surface area contributed by atoms with Crippen molar-refractivity contribution in [1.82, 2.24) is 10.3 Å². The van der Waals surface area contributed by atoms with Gasteiger partial charge in [0.2, 0.25) is 0 Å². The number of carboxylic acids is 1. The monoisotopic (exact) mass is 282 g/mol. The summed E-state index contributed by atoms with van der Waals surface area (Å²) in [5.41, 5.74) is 0.972. The fourth-order valence-electron chi connectivity index (χ4n) is 2.70. The van der Waals surface area contributed by atoms with Crippen LogP contribution >= 0.6 is 0 Å². The second kappa shape index (κ2) is 6.06. The highest BCUT2D eigenvalue weighted by Crippen LogP contribution is 2.19. The number of nitrogens with one attached hydrogen (secondary N) is 1. The molecule has 1 aromatic heterocycles. The number of carboxylic acid groups (broad SMARTS) is 1. The van der Waals surface area contributed by atoms with Gasteiger partial charge in [-0.1, -0.05) is 36.4 Å². The molecule has 0 radical (unpaired) electrons. The van der Waals surface area contributed by atoms with Gasteiger partial charge in [-0.05, 0) is 24.3 Å². The van der Waals surface area contributed by atoms with E-state index in [1.807, 2.05) is 30.5 Å². The van der Waals surface area contributed by atoms with Crippen LogP contribution < -0.4 is 5.32 Å². The summed E-state index contributed by atoms with van der Waals surface area (Å²) in [5, 5.41) is 14.8. The third-order valence-electron chi connectivity index (χ3n) is 3.91. The third-order valence-corrected chi connectivity index (χ3v) is 3.91. The molecule has 0 aliphatic heterocycles. The Labute approximate surface area is 123 Å². The first-order valence-corrected chi connectivity index (χ1v) is 7.19. The van der Waals surface area contributed by atoms with Gasteiger partial charge in [0.1, 0.15) is 0 Å². The minimum absolute atomic E-state index is 0.105. The molecule has 0 bridgehead atoms. The molecule has 0 saturated carbocycles. The summed E-state index contributed by atoms with van der Waals surface area (Å²) in [4.78, 5) is 15.5. The maximum absolute atomic E-state index is 11.0.